The lowest BCUT2D eigenvalue weighted by Gasteiger charge is -2.21. The molecule has 0 saturated carbocycles. The Balaban J connectivity index is 1.96. The molecule has 1 aliphatic rings. The Kier molecular flexibility index (Phi) is 8.54. The number of esters is 1. The minimum absolute atomic E-state index is 0.0256. The maximum absolute atomic E-state index is 14.7. The topological polar surface area (TPSA) is 124 Å². The van der Waals surface area contributed by atoms with Gasteiger partial charge in [0.2, 0.25) is 5.91 Å². The zero-order valence-electron chi connectivity index (χ0n) is 16.9. The summed E-state index contributed by atoms with van der Waals surface area (Å²) in [6.45, 7) is 4.35. The number of hydrogen-bond donors (Lipinski definition) is 3. The fraction of sp³-hybridized carbons (Fsp3) is 0.474. The number of ether oxygens (including phenoxy) is 2. The van der Waals surface area contributed by atoms with E-state index in [9.17, 15) is 18.8 Å². The number of carbonyl (C=O) groups is 3. The SMILES string of the molecule is CCOC(=O)CNCCN(C=N)c1ccc(N2CC(CNC(C)=O)OC2=O)cc1F. The highest BCUT2D eigenvalue weighted by Gasteiger charge is 2.32. The predicted octanol–water partition coefficient (Wildman–Crippen LogP) is 0.853. The molecule has 11 heteroatoms. The van der Waals surface area contributed by atoms with Crippen LogP contribution in [0.4, 0.5) is 20.6 Å². The lowest BCUT2D eigenvalue weighted by atomic mass is 10.2. The van der Waals surface area contributed by atoms with Gasteiger partial charge in [-0.05, 0) is 25.1 Å². The van der Waals surface area contributed by atoms with Crippen LogP contribution < -0.4 is 20.4 Å². The van der Waals surface area contributed by atoms with E-state index < -0.39 is 18.0 Å². The van der Waals surface area contributed by atoms with Crippen LogP contribution in [-0.4, -0.2) is 69.7 Å². The number of amides is 2. The zero-order chi connectivity index (χ0) is 22.1. The van der Waals surface area contributed by atoms with Crippen LogP contribution in [0, 0.1) is 11.2 Å². The van der Waals surface area contributed by atoms with Crippen molar-refractivity contribution < 1.29 is 28.2 Å². The van der Waals surface area contributed by atoms with Crippen LogP contribution in [0.2, 0.25) is 0 Å². The second-order valence-electron chi connectivity index (χ2n) is 6.49. The molecule has 1 fully saturated rings. The quantitative estimate of drug-likeness (QED) is 0.209. The Morgan fingerprint density at radius 1 is 1.47 bits per heavy atom. The normalized spacial score (nSPS) is 15.5. The van der Waals surface area contributed by atoms with Gasteiger partial charge in [-0.25, -0.2) is 9.18 Å². The fourth-order valence-electron chi connectivity index (χ4n) is 2.85. The molecule has 2 rings (SSSR count). The van der Waals surface area contributed by atoms with E-state index in [0.29, 0.717) is 18.8 Å². The number of nitrogens with zero attached hydrogens (tertiary/aromatic N) is 2. The van der Waals surface area contributed by atoms with Gasteiger partial charge in [0.15, 0.2) is 0 Å². The van der Waals surface area contributed by atoms with Gasteiger partial charge in [0.05, 0.1) is 44.0 Å². The summed E-state index contributed by atoms with van der Waals surface area (Å²) in [5.74, 6) is -1.23. The molecule has 1 atom stereocenters. The second-order valence-corrected chi connectivity index (χ2v) is 6.49. The summed E-state index contributed by atoms with van der Waals surface area (Å²) in [5, 5.41) is 13.0. The van der Waals surface area contributed by atoms with Crippen molar-refractivity contribution in [2.45, 2.75) is 20.0 Å². The number of halogens is 1. The van der Waals surface area contributed by atoms with Crippen LogP contribution >= 0.6 is 0 Å². The highest BCUT2D eigenvalue weighted by molar-refractivity contribution is 5.90. The van der Waals surface area contributed by atoms with Crippen molar-refractivity contribution >= 4 is 35.7 Å². The fourth-order valence-corrected chi connectivity index (χ4v) is 2.85. The van der Waals surface area contributed by atoms with E-state index in [0.717, 1.165) is 6.34 Å². The van der Waals surface area contributed by atoms with Crippen LogP contribution in [-0.2, 0) is 19.1 Å². The lowest BCUT2D eigenvalue weighted by Crippen LogP contribution is -2.34. The van der Waals surface area contributed by atoms with Crippen molar-refractivity contribution in [2.24, 2.45) is 0 Å². The molecular weight excluding hydrogens is 397 g/mol. The van der Waals surface area contributed by atoms with E-state index in [4.69, 9.17) is 14.9 Å². The Labute approximate surface area is 173 Å². The van der Waals surface area contributed by atoms with Gasteiger partial charge in [-0.15, -0.1) is 0 Å². The molecule has 10 nitrogen and oxygen atoms in total. The van der Waals surface area contributed by atoms with Gasteiger partial charge in [0, 0.05) is 20.0 Å². The number of hydrogen-bond acceptors (Lipinski definition) is 7. The van der Waals surface area contributed by atoms with Crippen molar-refractivity contribution in [1.29, 1.82) is 5.41 Å². The third-order valence-corrected chi connectivity index (χ3v) is 4.27. The lowest BCUT2D eigenvalue weighted by molar-refractivity contribution is -0.142. The summed E-state index contributed by atoms with van der Waals surface area (Å²) in [7, 11) is 0. The minimum Gasteiger partial charge on any atom is -0.465 e. The summed E-state index contributed by atoms with van der Waals surface area (Å²) in [4.78, 5) is 37.0. The molecule has 2 amide bonds. The molecule has 1 aliphatic heterocycles. The Bertz CT molecular complexity index is 791. The van der Waals surface area contributed by atoms with Crippen molar-refractivity contribution in [2.75, 3.05) is 49.1 Å². The van der Waals surface area contributed by atoms with E-state index in [1.54, 1.807) is 13.0 Å². The Morgan fingerprint density at radius 2 is 2.23 bits per heavy atom. The maximum atomic E-state index is 14.7. The van der Waals surface area contributed by atoms with Crippen molar-refractivity contribution in [1.82, 2.24) is 10.6 Å². The van der Waals surface area contributed by atoms with Crippen molar-refractivity contribution in [3.05, 3.63) is 24.0 Å². The monoisotopic (exact) mass is 423 g/mol. The standard InChI is InChI=1S/C19H26FN5O5/c1-3-29-18(27)10-22-6-7-24(12-21)17-5-4-14(8-16(17)20)25-11-15(30-19(25)28)9-23-13(2)26/h4-5,8,12,15,21-22H,3,6-7,9-11H2,1-2H3,(H,23,26). The minimum atomic E-state index is -0.621. The summed E-state index contributed by atoms with van der Waals surface area (Å²) in [6.07, 6.45) is -0.158. The molecule has 0 bridgehead atoms. The summed E-state index contributed by atoms with van der Waals surface area (Å²) in [5.41, 5.74) is 0.478. The average Bonchev–Trinajstić information content (AvgIpc) is 3.08. The van der Waals surface area contributed by atoms with Gasteiger partial charge in [0.1, 0.15) is 11.9 Å². The first-order valence-corrected chi connectivity index (χ1v) is 9.51. The van der Waals surface area contributed by atoms with Gasteiger partial charge in [0.25, 0.3) is 0 Å². The first-order valence-electron chi connectivity index (χ1n) is 9.51. The van der Waals surface area contributed by atoms with Crippen molar-refractivity contribution in [3.8, 4) is 0 Å². The maximum Gasteiger partial charge on any atom is 0.414 e. The van der Waals surface area contributed by atoms with Crippen LogP contribution in [0.5, 0.6) is 0 Å². The molecule has 1 aromatic carbocycles. The third kappa shape index (κ3) is 6.41. The van der Waals surface area contributed by atoms with E-state index >= 15 is 0 Å². The first kappa shape index (κ1) is 23.1. The molecule has 1 heterocycles. The highest BCUT2D eigenvalue weighted by atomic mass is 19.1. The average molecular weight is 423 g/mol. The van der Waals surface area contributed by atoms with E-state index in [1.807, 2.05) is 0 Å². The second kappa shape index (κ2) is 11.1. The predicted molar refractivity (Wildman–Crippen MR) is 108 cm³/mol. The smallest absolute Gasteiger partial charge is 0.414 e. The van der Waals surface area contributed by atoms with Gasteiger partial charge < -0.3 is 25.0 Å². The van der Waals surface area contributed by atoms with Gasteiger partial charge >= 0.3 is 12.1 Å². The zero-order valence-corrected chi connectivity index (χ0v) is 16.9. The van der Waals surface area contributed by atoms with Crippen LogP contribution in [0.15, 0.2) is 18.2 Å². The highest BCUT2D eigenvalue weighted by Crippen LogP contribution is 2.27. The van der Waals surface area contributed by atoms with Crippen LogP contribution in [0.1, 0.15) is 13.8 Å². The molecule has 0 spiro atoms. The molecule has 0 radical (unpaired) electrons. The molecule has 1 unspecified atom stereocenters. The van der Waals surface area contributed by atoms with Crippen molar-refractivity contribution in [3.63, 3.8) is 0 Å². The summed E-state index contributed by atoms with van der Waals surface area (Å²) < 4.78 is 24.7. The number of rotatable bonds is 11. The van der Waals surface area contributed by atoms with E-state index in [1.165, 1.54) is 28.9 Å². The summed E-state index contributed by atoms with van der Waals surface area (Å²) in [6, 6.07) is 4.22. The molecule has 164 valence electrons. The molecule has 3 N–H and O–H groups in total. The number of cyclic esters (lactones) is 1. The molecule has 0 aromatic heterocycles. The van der Waals surface area contributed by atoms with Gasteiger partial charge in [-0.1, -0.05) is 0 Å². The molecule has 0 aliphatic carbocycles. The Morgan fingerprint density at radius 3 is 2.87 bits per heavy atom. The molecule has 1 aromatic rings. The van der Waals surface area contributed by atoms with Crippen LogP contribution in [0.25, 0.3) is 0 Å². The number of benzene rings is 1. The van der Waals surface area contributed by atoms with E-state index in [2.05, 4.69) is 10.6 Å². The Hall–Kier alpha value is -3.21. The van der Waals surface area contributed by atoms with Crippen LogP contribution in [0.3, 0.4) is 0 Å². The third-order valence-electron chi connectivity index (χ3n) is 4.27. The van der Waals surface area contributed by atoms with Gasteiger partial charge in [-0.3, -0.25) is 19.9 Å². The number of carbonyl (C=O) groups excluding carboxylic acids is 3. The van der Waals surface area contributed by atoms with Gasteiger partial charge in [-0.2, -0.15) is 0 Å². The largest absolute Gasteiger partial charge is 0.465 e. The molecule has 30 heavy (non-hydrogen) atoms. The summed E-state index contributed by atoms with van der Waals surface area (Å²) >= 11 is 0. The number of anilines is 2. The van der Waals surface area contributed by atoms with E-state index in [-0.39, 0.29) is 43.7 Å². The molecular formula is C19H26FN5O5. The first-order chi connectivity index (χ1) is 14.3. The number of nitrogens with one attached hydrogen (secondary N) is 3. The molecule has 1 saturated heterocycles.